The fourth-order valence-electron chi connectivity index (χ4n) is 2.72. The number of hydrogen-bond acceptors (Lipinski definition) is 5. The number of carbonyl (C=O) groups excluding carboxylic acids is 1. The van der Waals surface area contributed by atoms with E-state index in [2.05, 4.69) is 34.5 Å². The highest BCUT2D eigenvalue weighted by Crippen LogP contribution is 2.40. The fourth-order valence-corrected chi connectivity index (χ4v) is 5.20. The van der Waals surface area contributed by atoms with E-state index in [1.165, 1.54) is 20.5 Å². The molecule has 0 radical (unpaired) electrons. The van der Waals surface area contributed by atoms with Gasteiger partial charge in [0.25, 0.3) is 5.91 Å². The van der Waals surface area contributed by atoms with Gasteiger partial charge in [0.1, 0.15) is 11.6 Å². The maximum absolute atomic E-state index is 12.2. The van der Waals surface area contributed by atoms with E-state index in [1.54, 1.807) is 28.9 Å². The molecule has 4 heterocycles. The largest absolute Gasteiger partial charge is 0.306 e. The van der Waals surface area contributed by atoms with Crippen molar-refractivity contribution in [3.8, 4) is 0 Å². The van der Waals surface area contributed by atoms with Crippen LogP contribution in [0.2, 0.25) is 0 Å². The number of amides is 1. The van der Waals surface area contributed by atoms with Crippen molar-refractivity contribution in [2.75, 3.05) is 5.32 Å². The second-order valence-corrected chi connectivity index (χ2v) is 7.55. The highest BCUT2D eigenvalue weighted by Gasteiger charge is 2.26. The Kier molecular flexibility index (Phi) is 2.92. The monoisotopic (exact) mass is 327 g/mol. The lowest BCUT2D eigenvalue weighted by Gasteiger charge is -1.98. The first-order chi connectivity index (χ1) is 10.5. The van der Waals surface area contributed by atoms with Crippen molar-refractivity contribution in [1.82, 2.24) is 9.97 Å². The summed E-state index contributed by atoms with van der Waals surface area (Å²) in [5.41, 5.74) is 3.96. The smallest absolute Gasteiger partial charge is 0.257 e. The highest BCUT2D eigenvalue weighted by atomic mass is 32.2. The minimum atomic E-state index is -0.109. The lowest BCUT2D eigenvalue weighted by Crippen LogP contribution is -2.04. The van der Waals surface area contributed by atoms with Gasteiger partial charge in [-0.25, -0.2) is 9.97 Å². The van der Waals surface area contributed by atoms with Crippen LogP contribution in [0.25, 0.3) is 21.0 Å². The summed E-state index contributed by atoms with van der Waals surface area (Å²) in [6.07, 6.45) is 3.68. The van der Waals surface area contributed by atoms with Gasteiger partial charge in [-0.15, -0.1) is 22.7 Å². The predicted molar refractivity (Wildman–Crippen MR) is 92.4 cm³/mol. The molecule has 0 saturated carbocycles. The van der Waals surface area contributed by atoms with Crippen LogP contribution in [-0.2, 0) is 4.79 Å². The van der Waals surface area contributed by atoms with Crippen molar-refractivity contribution < 1.29 is 4.79 Å². The van der Waals surface area contributed by atoms with Crippen molar-refractivity contribution >= 4 is 55.4 Å². The molecule has 1 aliphatic rings. The second kappa shape index (κ2) is 4.72. The third-order valence-corrected chi connectivity index (χ3v) is 6.30. The lowest BCUT2D eigenvalue weighted by molar-refractivity contribution is -0.110. The van der Waals surface area contributed by atoms with Crippen molar-refractivity contribution in [3.05, 3.63) is 39.0 Å². The first kappa shape index (κ1) is 13.6. The Hall–Kier alpha value is -2.05. The van der Waals surface area contributed by atoms with Gasteiger partial charge in [-0.05, 0) is 43.4 Å². The van der Waals surface area contributed by atoms with Gasteiger partial charge >= 0.3 is 0 Å². The normalized spacial score (nSPS) is 15.6. The van der Waals surface area contributed by atoms with Crippen molar-refractivity contribution in [1.29, 1.82) is 0 Å². The minimum absolute atomic E-state index is 0.109. The molecule has 22 heavy (non-hydrogen) atoms. The molecule has 0 fully saturated rings. The first-order valence-electron chi connectivity index (χ1n) is 6.89. The predicted octanol–water partition coefficient (Wildman–Crippen LogP) is 4.17. The van der Waals surface area contributed by atoms with E-state index in [0.29, 0.717) is 17.2 Å². The van der Waals surface area contributed by atoms with Gasteiger partial charge in [0.15, 0.2) is 0 Å². The summed E-state index contributed by atoms with van der Waals surface area (Å²) in [6.45, 7) is 6.06. The van der Waals surface area contributed by atoms with Crippen LogP contribution >= 0.6 is 22.7 Å². The van der Waals surface area contributed by atoms with E-state index >= 15 is 0 Å². The summed E-state index contributed by atoms with van der Waals surface area (Å²) in [6, 6.07) is 0. The Morgan fingerprint density at radius 1 is 1.27 bits per heavy atom. The van der Waals surface area contributed by atoms with Crippen LogP contribution in [0.5, 0.6) is 0 Å². The zero-order valence-corrected chi connectivity index (χ0v) is 14.0. The van der Waals surface area contributed by atoms with E-state index in [-0.39, 0.29) is 5.91 Å². The molecule has 4 nitrogen and oxygen atoms in total. The minimum Gasteiger partial charge on any atom is -0.306 e. The molecule has 1 aliphatic heterocycles. The first-order valence-corrected chi connectivity index (χ1v) is 8.58. The fraction of sp³-hybridized carbons (Fsp3) is 0.188. The van der Waals surface area contributed by atoms with Crippen LogP contribution in [0.15, 0.2) is 11.6 Å². The summed E-state index contributed by atoms with van der Waals surface area (Å²) in [4.78, 5) is 21.9. The molecule has 110 valence electrons. The summed E-state index contributed by atoms with van der Waals surface area (Å²) >= 11 is 3.49. The van der Waals surface area contributed by atoms with Gasteiger partial charge in [0.2, 0.25) is 0 Å². The van der Waals surface area contributed by atoms with Crippen molar-refractivity contribution in [2.45, 2.75) is 20.8 Å². The second-order valence-electron chi connectivity index (χ2n) is 5.36. The number of carbonyl (C=O) groups is 1. The number of aromatic nitrogens is 2. The number of nitrogens with zero attached hydrogens (tertiary/aromatic N) is 2. The number of thiophene rings is 2. The molecule has 0 bridgehead atoms. The third-order valence-electron chi connectivity index (χ3n) is 3.84. The molecular formula is C16H13N3OS2. The molecule has 0 atom stereocenters. The van der Waals surface area contributed by atoms with Crippen LogP contribution in [0, 0.1) is 20.8 Å². The quantitative estimate of drug-likeness (QED) is 0.682. The maximum atomic E-state index is 12.2. The molecule has 3 aromatic rings. The van der Waals surface area contributed by atoms with Crippen LogP contribution in [0.1, 0.15) is 27.4 Å². The Morgan fingerprint density at radius 2 is 2.09 bits per heavy atom. The number of nitrogens with one attached hydrogen (secondary N) is 1. The van der Waals surface area contributed by atoms with Gasteiger partial charge in [-0.2, -0.15) is 0 Å². The molecular weight excluding hydrogens is 314 g/mol. The van der Waals surface area contributed by atoms with Crippen LogP contribution < -0.4 is 5.32 Å². The summed E-state index contributed by atoms with van der Waals surface area (Å²) in [5.74, 6) is 1.16. The van der Waals surface area contributed by atoms with E-state index in [4.69, 9.17) is 0 Å². The van der Waals surface area contributed by atoms with Gasteiger partial charge in [0.05, 0.1) is 9.59 Å². The Morgan fingerprint density at radius 3 is 2.86 bits per heavy atom. The topological polar surface area (TPSA) is 54.9 Å². The summed E-state index contributed by atoms with van der Waals surface area (Å²) in [5, 5.41) is 6.32. The van der Waals surface area contributed by atoms with Crippen LogP contribution in [0.4, 0.5) is 5.82 Å². The molecule has 1 amide bonds. The Bertz CT molecular complexity index is 965. The van der Waals surface area contributed by atoms with E-state index in [1.807, 2.05) is 13.0 Å². The highest BCUT2D eigenvalue weighted by molar-refractivity contribution is 7.38. The SMILES string of the molecule is Cc1ncc2c(n1)NC(=O)C2=Cc1sc2scc(C)c2c1C. The van der Waals surface area contributed by atoms with Gasteiger partial charge in [0, 0.05) is 22.0 Å². The van der Waals surface area contributed by atoms with E-state index in [0.717, 1.165) is 10.4 Å². The summed E-state index contributed by atoms with van der Waals surface area (Å²) < 4.78 is 1.31. The molecule has 6 heteroatoms. The molecule has 0 spiro atoms. The van der Waals surface area contributed by atoms with E-state index < -0.39 is 0 Å². The standard InChI is InChI=1S/C16H13N3OS2/c1-7-6-21-16-13(7)8(2)12(22-16)4-10-11-5-17-9(3)18-14(11)19-15(10)20/h4-6H,1-3H3,(H,17,18,19,20). The molecule has 0 saturated heterocycles. The molecule has 0 unspecified atom stereocenters. The van der Waals surface area contributed by atoms with Crippen LogP contribution in [-0.4, -0.2) is 15.9 Å². The average molecular weight is 327 g/mol. The molecule has 3 aromatic heterocycles. The van der Waals surface area contributed by atoms with Crippen LogP contribution in [0.3, 0.4) is 0 Å². The zero-order chi connectivity index (χ0) is 15.4. The van der Waals surface area contributed by atoms with E-state index in [9.17, 15) is 4.79 Å². The van der Waals surface area contributed by atoms with Gasteiger partial charge in [-0.1, -0.05) is 0 Å². The number of fused-ring (bicyclic) bond motifs is 2. The van der Waals surface area contributed by atoms with Gasteiger partial charge in [-0.3, -0.25) is 4.79 Å². The molecule has 1 N–H and O–H groups in total. The zero-order valence-electron chi connectivity index (χ0n) is 12.4. The third kappa shape index (κ3) is 1.91. The summed E-state index contributed by atoms with van der Waals surface area (Å²) in [7, 11) is 0. The molecule has 4 rings (SSSR count). The number of rotatable bonds is 1. The lowest BCUT2D eigenvalue weighted by atomic mass is 10.1. The average Bonchev–Trinajstić information content (AvgIpc) is 3.08. The van der Waals surface area contributed by atoms with Crippen molar-refractivity contribution in [3.63, 3.8) is 0 Å². The Labute approximate surface area is 135 Å². The molecule has 0 aromatic carbocycles. The number of hydrogen-bond donors (Lipinski definition) is 1. The Balaban J connectivity index is 1.89. The maximum Gasteiger partial charge on any atom is 0.257 e. The molecule has 0 aliphatic carbocycles. The number of anilines is 1. The number of aryl methyl sites for hydroxylation is 3. The van der Waals surface area contributed by atoms with Gasteiger partial charge < -0.3 is 5.32 Å². The van der Waals surface area contributed by atoms with Crippen molar-refractivity contribution in [2.24, 2.45) is 0 Å².